The van der Waals surface area contributed by atoms with Crippen LogP contribution in [0.4, 0.5) is 5.69 Å². The Bertz CT molecular complexity index is 812. The summed E-state index contributed by atoms with van der Waals surface area (Å²) in [6, 6.07) is 6.05. The number of carboxylic acids is 1. The number of halogens is 1. The fourth-order valence-electron chi connectivity index (χ4n) is 1.76. The summed E-state index contributed by atoms with van der Waals surface area (Å²) in [6.45, 7) is 3.26. The van der Waals surface area contributed by atoms with Crippen molar-refractivity contribution >= 4 is 44.6 Å². The molecule has 0 saturated carbocycles. The van der Waals surface area contributed by atoms with Gasteiger partial charge in [-0.3, -0.25) is 4.72 Å². The third kappa shape index (κ3) is 3.20. The molecule has 0 radical (unpaired) electrons. The van der Waals surface area contributed by atoms with E-state index >= 15 is 0 Å². The van der Waals surface area contributed by atoms with E-state index in [1.165, 1.54) is 0 Å². The molecule has 2 rings (SSSR count). The number of carbonyl (C=O) groups is 1. The monoisotopic (exact) mass is 345 g/mol. The first-order valence-electron chi connectivity index (χ1n) is 5.84. The van der Waals surface area contributed by atoms with Crippen molar-refractivity contribution in [2.45, 2.75) is 18.7 Å². The smallest absolute Gasteiger partial charge is 0.345 e. The zero-order chi connectivity index (χ0) is 15.8. The molecule has 1 heterocycles. The molecule has 0 unspecified atom stereocenters. The number of hydrogen-bond donors (Lipinski definition) is 2. The number of carboxylic acid groups (broad SMARTS) is 1. The van der Waals surface area contributed by atoms with Gasteiger partial charge in [0.25, 0.3) is 10.0 Å². The van der Waals surface area contributed by atoms with Crippen LogP contribution in [0.5, 0.6) is 0 Å². The third-order valence-electron chi connectivity index (χ3n) is 2.88. The molecular weight excluding hydrogens is 334 g/mol. The molecule has 0 saturated heterocycles. The van der Waals surface area contributed by atoms with Crippen LogP contribution >= 0.6 is 22.9 Å². The minimum absolute atomic E-state index is 0.0179. The van der Waals surface area contributed by atoms with Crippen LogP contribution < -0.4 is 4.72 Å². The van der Waals surface area contributed by atoms with Crippen LogP contribution in [-0.2, 0) is 10.0 Å². The maximum Gasteiger partial charge on any atom is 0.345 e. The third-order valence-corrected chi connectivity index (χ3v) is 5.95. The molecule has 0 fully saturated rings. The topological polar surface area (TPSA) is 83.5 Å². The Morgan fingerprint density at radius 2 is 2.00 bits per heavy atom. The number of rotatable bonds is 4. The zero-order valence-corrected chi connectivity index (χ0v) is 13.6. The molecule has 2 aromatic rings. The van der Waals surface area contributed by atoms with Crippen LogP contribution in [0.25, 0.3) is 0 Å². The molecule has 0 aliphatic carbocycles. The van der Waals surface area contributed by atoms with Crippen LogP contribution in [-0.4, -0.2) is 19.5 Å². The molecule has 0 aliphatic rings. The molecule has 0 atom stereocenters. The van der Waals surface area contributed by atoms with Gasteiger partial charge in [0, 0.05) is 9.90 Å². The number of aryl methyl sites for hydroxylation is 1. The molecule has 2 N–H and O–H groups in total. The van der Waals surface area contributed by atoms with E-state index in [-0.39, 0.29) is 9.77 Å². The molecule has 112 valence electrons. The Morgan fingerprint density at radius 3 is 2.57 bits per heavy atom. The zero-order valence-electron chi connectivity index (χ0n) is 11.2. The van der Waals surface area contributed by atoms with E-state index in [0.29, 0.717) is 21.2 Å². The fourth-order valence-corrected chi connectivity index (χ4v) is 4.48. The molecule has 5 nitrogen and oxygen atoms in total. The number of sulfonamides is 1. The number of thiophene rings is 1. The van der Waals surface area contributed by atoms with Gasteiger partial charge in [0.2, 0.25) is 0 Å². The maximum atomic E-state index is 12.4. The van der Waals surface area contributed by atoms with Gasteiger partial charge in [-0.15, -0.1) is 11.3 Å². The van der Waals surface area contributed by atoms with Crippen molar-refractivity contribution < 1.29 is 18.3 Å². The van der Waals surface area contributed by atoms with Crippen LogP contribution in [0, 0.1) is 13.8 Å². The van der Waals surface area contributed by atoms with E-state index in [1.54, 1.807) is 32.0 Å². The summed E-state index contributed by atoms with van der Waals surface area (Å²) >= 11 is 6.88. The quantitative estimate of drug-likeness (QED) is 0.888. The fraction of sp³-hybridized carbons (Fsp3) is 0.154. The van der Waals surface area contributed by atoms with E-state index in [4.69, 9.17) is 16.7 Å². The number of aromatic carboxylic acids is 1. The largest absolute Gasteiger partial charge is 0.477 e. The van der Waals surface area contributed by atoms with Gasteiger partial charge in [0.1, 0.15) is 9.77 Å². The first-order chi connectivity index (χ1) is 9.72. The normalized spacial score (nSPS) is 11.4. The highest BCUT2D eigenvalue weighted by Gasteiger charge is 2.23. The second kappa shape index (κ2) is 5.67. The highest BCUT2D eigenvalue weighted by Crippen LogP contribution is 2.29. The Balaban J connectivity index is 2.43. The highest BCUT2D eigenvalue weighted by atomic mass is 35.5. The van der Waals surface area contributed by atoms with Crippen LogP contribution in [0.2, 0.25) is 5.02 Å². The Hall–Kier alpha value is -1.57. The van der Waals surface area contributed by atoms with E-state index < -0.39 is 16.0 Å². The number of anilines is 1. The lowest BCUT2D eigenvalue weighted by molar-refractivity contribution is 0.0702. The molecule has 21 heavy (non-hydrogen) atoms. The minimum atomic E-state index is -3.86. The second-order valence-corrected chi connectivity index (χ2v) is 7.67. The summed E-state index contributed by atoms with van der Waals surface area (Å²) < 4.78 is 27.2. The Kier molecular flexibility index (Phi) is 4.27. The minimum Gasteiger partial charge on any atom is -0.477 e. The van der Waals surface area contributed by atoms with Gasteiger partial charge in [-0.1, -0.05) is 17.7 Å². The summed E-state index contributed by atoms with van der Waals surface area (Å²) in [7, 11) is -3.86. The highest BCUT2D eigenvalue weighted by molar-refractivity contribution is 7.93. The molecule has 1 aromatic carbocycles. The standard InChI is InChI=1S/C13H12ClNO4S2/c1-7-9(14)4-3-5-10(7)15-21(18,19)12-6-11(13(16)17)20-8(12)2/h3-6,15H,1-2H3,(H,16,17). The van der Waals surface area contributed by atoms with Gasteiger partial charge in [-0.05, 0) is 37.6 Å². The SMILES string of the molecule is Cc1sc(C(=O)O)cc1S(=O)(=O)Nc1cccc(Cl)c1C. The lowest BCUT2D eigenvalue weighted by Crippen LogP contribution is -2.14. The van der Waals surface area contributed by atoms with Gasteiger partial charge >= 0.3 is 5.97 Å². The molecule has 0 amide bonds. The van der Waals surface area contributed by atoms with E-state index in [0.717, 1.165) is 17.4 Å². The van der Waals surface area contributed by atoms with Crippen molar-refractivity contribution in [1.29, 1.82) is 0 Å². The van der Waals surface area contributed by atoms with Crippen molar-refractivity contribution in [2.75, 3.05) is 4.72 Å². The van der Waals surface area contributed by atoms with E-state index in [9.17, 15) is 13.2 Å². The average Bonchev–Trinajstić information content (AvgIpc) is 2.78. The van der Waals surface area contributed by atoms with Crippen molar-refractivity contribution in [2.24, 2.45) is 0 Å². The lowest BCUT2D eigenvalue weighted by atomic mass is 10.2. The van der Waals surface area contributed by atoms with E-state index in [2.05, 4.69) is 4.72 Å². The summed E-state index contributed by atoms with van der Waals surface area (Å²) in [4.78, 5) is 11.3. The predicted molar refractivity (Wildman–Crippen MR) is 83.0 cm³/mol. The summed E-state index contributed by atoms with van der Waals surface area (Å²) in [5.74, 6) is -1.15. The number of hydrogen-bond acceptors (Lipinski definition) is 4. The molecule has 1 aromatic heterocycles. The second-order valence-electron chi connectivity index (χ2n) is 4.35. The molecular formula is C13H12ClNO4S2. The Morgan fingerprint density at radius 1 is 1.33 bits per heavy atom. The summed E-state index contributed by atoms with van der Waals surface area (Å²) in [6.07, 6.45) is 0. The average molecular weight is 346 g/mol. The van der Waals surface area contributed by atoms with Gasteiger partial charge < -0.3 is 5.11 Å². The lowest BCUT2D eigenvalue weighted by Gasteiger charge is -2.11. The van der Waals surface area contributed by atoms with Crippen LogP contribution in [0.3, 0.4) is 0 Å². The maximum absolute atomic E-state index is 12.4. The van der Waals surface area contributed by atoms with Crippen LogP contribution in [0.1, 0.15) is 20.1 Å². The van der Waals surface area contributed by atoms with Crippen molar-refractivity contribution in [3.05, 3.63) is 44.6 Å². The van der Waals surface area contributed by atoms with Gasteiger partial charge in [0.05, 0.1) is 5.69 Å². The first kappa shape index (κ1) is 15.8. The van der Waals surface area contributed by atoms with Crippen molar-refractivity contribution in [3.8, 4) is 0 Å². The molecule has 0 spiro atoms. The summed E-state index contributed by atoms with van der Waals surface area (Å²) in [5, 5.41) is 9.38. The first-order valence-corrected chi connectivity index (χ1v) is 8.52. The van der Waals surface area contributed by atoms with Gasteiger partial charge in [0.15, 0.2) is 0 Å². The molecule has 0 aliphatic heterocycles. The molecule has 8 heteroatoms. The molecule has 0 bridgehead atoms. The van der Waals surface area contributed by atoms with Crippen molar-refractivity contribution in [3.63, 3.8) is 0 Å². The number of benzene rings is 1. The van der Waals surface area contributed by atoms with Gasteiger partial charge in [-0.25, -0.2) is 13.2 Å². The summed E-state index contributed by atoms with van der Waals surface area (Å²) in [5.41, 5.74) is 0.971. The van der Waals surface area contributed by atoms with Crippen molar-refractivity contribution in [1.82, 2.24) is 0 Å². The van der Waals surface area contributed by atoms with E-state index in [1.807, 2.05) is 0 Å². The predicted octanol–water partition coefficient (Wildman–Crippen LogP) is 3.52. The van der Waals surface area contributed by atoms with Gasteiger partial charge in [-0.2, -0.15) is 0 Å². The number of nitrogens with one attached hydrogen (secondary N) is 1. The Labute approximate surface area is 131 Å². The van der Waals surface area contributed by atoms with Crippen LogP contribution in [0.15, 0.2) is 29.2 Å².